The molecule has 100 valence electrons. The summed E-state index contributed by atoms with van der Waals surface area (Å²) in [4.78, 5) is 0. The van der Waals surface area contributed by atoms with Crippen molar-refractivity contribution in [3.05, 3.63) is 0 Å². The van der Waals surface area contributed by atoms with Crippen LogP contribution < -0.4 is 5.32 Å². The van der Waals surface area contributed by atoms with Gasteiger partial charge in [0.1, 0.15) is 0 Å². The van der Waals surface area contributed by atoms with Gasteiger partial charge < -0.3 is 10.1 Å². The zero-order valence-corrected chi connectivity index (χ0v) is 12.0. The van der Waals surface area contributed by atoms with E-state index in [1.165, 1.54) is 32.1 Å². The highest BCUT2D eigenvalue weighted by atomic mass is 16.5. The average Bonchev–Trinajstić information content (AvgIpc) is 2.63. The lowest BCUT2D eigenvalue weighted by Gasteiger charge is -2.40. The summed E-state index contributed by atoms with van der Waals surface area (Å²) < 4.78 is 5.85. The lowest BCUT2D eigenvalue weighted by Crippen LogP contribution is -2.47. The molecule has 17 heavy (non-hydrogen) atoms. The first kappa shape index (κ1) is 13.4. The van der Waals surface area contributed by atoms with Gasteiger partial charge in [0.15, 0.2) is 0 Å². The molecule has 1 saturated carbocycles. The smallest absolute Gasteiger partial charge is 0.0779 e. The summed E-state index contributed by atoms with van der Waals surface area (Å²) in [5.74, 6) is 0.795. The molecule has 2 fully saturated rings. The second-order valence-electron chi connectivity index (χ2n) is 7.27. The number of hydrogen-bond donors (Lipinski definition) is 1. The molecule has 0 amide bonds. The van der Waals surface area contributed by atoms with Gasteiger partial charge in [0.2, 0.25) is 0 Å². The molecule has 1 saturated heterocycles. The Morgan fingerprint density at radius 2 is 2.00 bits per heavy atom. The van der Waals surface area contributed by atoms with Gasteiger partial charge in [0.05, 0.1) is 5.60 Å². The van der Waals surface area contributed by atoms with E-state index in [1.807, 2.05) is 0 Å². The van der Waals surface area contributed by atoms with Crippen LogP contribution in [0.1, 0.15) is 59.8 Å². The Balaban J connectivity index is 1.80. The Kier molecular flexibility index (Phi) is 3.84. The molecule has 0 bridgehead atoms. The number of nitrogens with one attached hydrogen (secondary N) is 1. The number of rotatable bonds is 3. The fourth-order valence-electron chi connectivity index (χ4n) is 3.57. The highest BCUT2D eigenvalue weighted by Gasteiger charge is 2.35. The van der Waals surface area contributed by atoms with Crippen molar-refractivity contribution in [1.82, 2.24) is 5.32 Å². The quantitative estimate of drug-likeness (QED) is 0.815. The van der Waals surface area contributed by atoms with Crippen molar-refractivity contribution in [2.45, 2.75) is 71.4 Å². The van der Waals surface area contributed by atoms with E-state index in [4.69, 9.17) is 4.74 Å². The molecule has 1 aliphatic carbocycles. The maximum Gasteiger partial charge on any atom is 0.0779 e. The van der Waals surface area contributed by atoms with Gasteiger partial charge >= 0.3 is 0 Å². The van der Waals surface area contributed by atoms with Crippen molar-refractivity contribution in [2.24, 2.45) is 11.3 Å². The minimum Gasteiger partial charge on any atom is -0.374 e. The molecule has 0 aromatic rings. The van der Waals surface area contributed by atoms with Crippen LogP contribution in [0.3, 0.4) is 0 Å². The number of ether oxygens (including phenoxy) is 1. The molecule has 2 aliphatic rings. The van der Waals surface area contributed by atoms with E-state index in [-0.39, 0.29) is 5.60 Å². The van der Waals surface area contributed by atoms with Crippen LogP contribution in [-0.4, -0.2) is 24.8 Å². The fourth-order valence-corrected chi connectivity index (χ4v) is 3.57. The van der Waals surface area contributed by atoms with Crippen molar-refractivity contribution in [3.8, 4) is 0 Å². The molecule has 2 heteroatoms. The van der Waals surface area contributed by atoms with Gasteiger partial charge in [-0.3, -0.25) is 0 Å². The average molecular weight is 239 g/mol. The highest BCUT2D eigenvalue weighted by Crippen LogP contribution is 2.38. The molecule has 2 nitrogen and oxygen atoms in total. The topological polar surface area (TPSA) is 21.3 Å². The van der Waals surface area contributed by atoms with Crippen molar-refractivity contribution in [2.75, 3.05) is 13.2 Å². The van der Waals surface area contributed by atoms with E-state index in [2.05, 4.69) is 33.0 Å². The van der Waals surface area contributed by atoms with Crippen molar-refractivity contribution < 1.29 is 4.74 Å². The van der Waals surface area contributed by atoms with Crippen LogP contribution in [0.15, 0.2) is 0 Å². The van der Waals surface area contributed by atoms with Crippen molar-refractivity contribution in [1.29, 1.82) is 0 Å². The maximum atomic E-state index is 5.85. The van der Waals surface area contributed by atoms with Crippen LogP contribution in [0.2, 0.25) is 0 Å². The van der Waals surface area contributed by atoms with Gasteiger partial charge in [-0.15, -0.1) is 0 Å². The van der Waals surface area contributed by atoms with Crippen LogP contribution >= 0.6 is 0 Å². The van der Waals surface area contributed by atoms with Crippen LogP contribution in [0.4, 0.5) is 0 Å². The van der Waals surface area contributed by atoms with Crippen LogP contribution in [0.5, 0.6) is 0 Å². The van der Waals surface area contributed by atoms with E-state index in [9.17, 15) is 0 Å². The Morgan fingerprint density at radius 3 is 2.59 bits per heavy atom. The minimum absolute atomic E-state index is 0.104. The van der Waals surface area contributed by atoms with E-state index >= 15 is 0 Å². The molecule has 0 radical (unpaired) electrons. The zero-order chi connectivity index (χ0) is 12.5. The van der Waals surface area contributed by atoms with Crippen molar-refractivity contribution in [3.63, 3.8) is 0 Å². The first-order chi connectivity index (χ1) is 7.90. The lowest BCUT2D eigenvalue weighted by atomic mass is 9.70. The molecule has 1 heterocycles. The Morgan fingerprint density at radius 1 is 1.24 bits per heavy atom. The summed E-state index contributed by atoms with van der Waals surface area (Å²) in [5.41, 5.74) is 0.651. The fraction of sp³-hybridized carbons (Fsp3) is 1.00. The third kappa shape index (κ3) is 3.45. The first-order valence-electron chi connectivity index (χ1n) is 7.28. The zero-order valence-electron chi connectivity index (χ0n) is 12.0. The van der Waals surface area contributed by atoms with Crippen molar-refractivity contribution >= 4 is 0 Å². The summed E-state index contributed by atoms with van der Waals surface area (Å²) in [7, 11) is 0. The summed E-state index contributed by atoms with van der Waals surface area (Å²) in [6.45, 7) is 11.4. The highest BCUT2D eigenvalue weighted by molar-refractivity contribution is 4.90. The summed E-state index contributed by atoms with van der Waals surface area (Å²) in [5, 5.41) is 3.77. The third-order valence-electron chi connectivity index (χ3n) is 4.73. The predicted octanol–water partition coefficient (Wildman–Crippen LogP) is 3.36. The number of hydrogen-bond acceptors (Lipinski definition) is 2. The summed E-state index contributed by atoms with van der Waals surface area (Å²) >= 11 is 0. The lowest BCUT2D eigenvalue weighted by molar-refractivity contribution is 0.0138. The summed E-state index contributed by atoms with van der Waals surface area (Å²) in [6, 6.07) is 0.698. The molecular formula is C15H29NO. The van der Waals surface area contributed by atoms with Crippen LogP contribution in [0.25, 0.3) is 0 Å². The van der Waals surface area contributed by atoms with E-state index < -0.39 is 0 Å². The maximum absolute atomic E-state index is 5.85. The van der Waals surface area contributed by atoms with Crippen LogP contribution in [-0.2, 0) is 4.74 Å². The largest absolute Gasteiger partial charge is 0.374 e. The SMILES string of the molecule is CC1CC(C)(C)CCC1NCC1(C)CCCO1. The van der Waals surface area contributed by atoms with Gasteiger partial charge in [0, 0.05) is 19.2 Å². The molecule has 3 unspecified atom stereocenters. The molecule has 2 rings (SSSR count). The molecule has 1 aliphatic heterocycles. The van der Waals surface area contributed by atoms with E-state index in [0.717, 1.165) is 19.1 Å². The predicted molar refractivity (Wildman–Crippen MR) is 72.2 cm³/mol. The van der Waals surface area contributed by atoms with Gasteiger partial charge in [-0.2, -0.15) is 0 Å². The second kappa shape index (κ2) is 4.89. The van der Waals surface area contributed by atoms with Gasteiger partial charge in [-0.25, -0.2) is 0 Å². The molecule has 0 aromatic carbocycles. The third-order valence-corrected chi connectivity index (χ3v) is 4.73. The monoisotopic (exact) mass is 239 g/mol. The second-order valence-corrected chi connectivity index (χ2v) is 7.27. The van der Waals surface area contributed by atoms with Gasteiger partial charge in [-0.1, -0.05) is 20.8 Å². The summed E-state index contributed by atoms with van der Waals surface area (Å²) in [6.07, 6.45) is 6.47. The Hall–Kier alpha value is -0.0800. The minimum atomic E-state index is 0.104. The molecule has 3 atom stereocenters. The Labute approximate surface area is 107 Å². The standard InChI is InChI=1S/C15H29NO/c1-12-10-14(2,3)8-6-13(12)16-11-15(4)7-5-9-17-15/h12-13,16H,5-11H2,1-4H3. The van der Waals surface area contributed by atoms with Gasteiger partial charge in [0.25, 0.3) is 0 Å². The molecule has 0 aromatic heterocycles. The normalized spacial score (nSPS) is 41.6. The van der Waals surface area contributed by atoms with Gasteiger partial charge in [-0.05, 0) is 50.4 Å². The van der Waals surface area contributed by atoms with E-state index in [0.29, 0.717) is 11.5 Å². The van der Waals surface area contributed by atoms with Crippen LogP contribution in [0, 0.1) is 11.3 Å². The molecule has 0 spiro atoms. The first-order valence-corrected chi connectivity index (χ1v) is 7.28. The van der Waals surface area contributed by atoms with E-state index in [1.54, 1.807) is 0 Å². The molecule has 1 N–H and O–H groups in total. The Bertz CT molecular complexity index is 256. The molecular weight excluding hydrogens is 210 g/mol.